The summed E-state index contributed by atoms with van der Waals surface area (Å²) in [5.41, 5.74) is 1.28. The number of anilines is 1. The predicted octanol–water partition coefficient (Wildman–Crippen LogP) is 3.58. The number of pyridine rings is 1. The SMILES string of the molecule is CCC(C)CN(C)c1ncc(Br)cc1CNC1CC1. The first kappa shape index (κ1) is 14.8. The molecule has 19 heavy (non-hydrogen) atoms. The molecule has 106 valence electrons. The molecule has 1 heterocycles. The molecular weight excluding hydrogens is 302 g/mol. The van der Waals surface area contributed by atoms with Crippen LogP contribution in [-0.2, 0) is 6.54 Å². The summed E-state index contributed by atoms with van der Waals surface area (Å²) in [5, 5.41) is 3.58. The Labute approximate surface area is 124 Å². The zero-order chi connectivity index (χ0) is 13.8. The van der Waals surface area contributed by atoms with Crippen LogP contribution in [-0.4, -0.2) is 24.6 Å². The lowest BCUT2D eigenvalue weighted by Crippen LogP contribution is -2.27. The number of nitrogens with zero attached hydrogens (tertiary/aromatic N) is 2. The zero-order valence-electron chi connectivity index (χ0n) is 12.1. The molecule has 1 atom stereocenters. The van der Waals surface area contributed by atoms with Crippen molar-refractivity contribution in [1.29, 1.82) is 0 Å². The van der Waals surface area contributed by atoms with E-state index in [2.05, 4.69) is 58.1 Å². The molecule has 1 unspecified atom stereocenters. The van der Waals surface area contributed by atoms with Gasteiger partial charge in [0.2, 0.25) is 0 Å². The predicted molar refractivity (Wildman–Crippen MR) is 84.5 cm³/mol. The molecule has 0 saturated heterocycles. The molecule has 3 nitrogen and oxygen atoms in total. The van der Waals surface area contributed by atoms with Crippen LogP contribution >= 0.6 is 15.9 Å². The third-order valence-corrected chi connectivity index (χ3v) is 4.15. The second kappa shape index (κ2) is 6.71. The summed E-state index contributed by atoms with van der Waals surface area (Å²) in [6.07, 6.45) is 5.73. The summed E-state index contributed by atoms with van der Waals surface area (Å²) in [6.45, 7) is 6.50. The number of hydrogen-bond acceptors (Lipinski definition) is 3. The van der Waals surface area contributed by atoms with Gasteiger partial charge < -0.3 is 10.2 Å². The maximum absolute atomic E-state index is 4.60. The Hall–Kier alpha value is -0.610. The minimum atomic E-state index is 0.694. The van der Waals surface area contributed by atoms with E-state index in [1.165, 1.54) is 24.8 Å². The molecule has 1 fully saturated rings. The molecule has 0 radical (unpaired) electrons. The molecular formula is C15H24BrN3. The van der Waals surface area contributed by atoms with Crippen LogP contribution in [0.3, 0.4) is 0 Å². The van der Waals surface area contributed by atoms with E-state index in [0.717, 1.165) is 29.4 Å². The summed E-state index contributed by atoms with van der Waals surface area (Å²) in [6, 6.07) is 2.91. The molecule has 1 aromatic rings. The number of rotatable bonds is 7. The second-order valence-corrected chi connectivity index (χ2v) is 6.60. The molecule has 0 spiro atoms. The van der Waals surface area contributed by atoms with Crippen LogP contribution in [0.25, 0.3) is 0 Å². The highest BCUT2D eigenvalue weighted by Crippen LogP contribution is 2.24. The summed E-state index contributed by atoms with van der Waals surface area (Å²) >= 11 is 3.52. The summed E-state index contributed by atoms with van der Waals surface area (Å²) in [7, 11) is 2.14. The fourth-order valence-corrected chi connectivity index (χ4v) is 2.55. The Balaban J connectivity index is 2.07. The van der Waals surface area contributed by atoms with E-state index in [1.54, 1.807) is 0 Å². The van der Waals surface area contributed by atoms with Crippen molar-refractivity contribution in [3.63, 3.8) is 0 Å². The second-order valence-electron chi connectivity index (χ2n) is 5.69. The van der Waals surface area contributed by atoms with Crippen LogP contribution in [0, 0.1) is 5.92 Å². The highest BCUT2D eigenvalue weighted by molar-refractivity contribution is 9.10. The minimum absolute atomic E-state index is 0.694. The third kappa shape index (κ3) is 4.46. The molecule has 0 amide bonds. The van der Waals surface area contributed by atoms with Gasteiger partial charge in [0, 0.05) is 42.4 Å². The standard InChI is InChI=1S/C15H24BrN3/c1-4-11(2)10-19(3)15-12(7-13(16)9-18-15)8-17-14-5-6-14/h7,9,11,14,17H,4-6,8,10H2,1-3H3. The van der Waals surface area contributed by atoms with E-state index in [0.29, 0.717) is 5.92 Å². The lowest BCUT2D eigenvalue weighted by molar-refractivity contribution is 0.556. The smallest absolute Gasteiger partial charge is 0.132 e. The van der Waals surface area contributed by atoms with E-state index >= 15 is 0 Å². The molecule has 4 heteroatoms. The maximum Gasteiger partial charge on any atom is 0.132 e. The maximum atomic E-state index is 4.60. The van der Waals surface area contributed by atoms with Gasteiger partial charge in [0.05, 0.1) is 0 Å². The molecule has 1 saturated carbocycles. The first-order chi connectivity index (χ1) is 9.10. The van der Waals surface area contributed by atoms with Crippen molar-refractivity contribution >= 4 is 21.7 Å². The first-order valence-electron chi connectivity index (χ1n) is 7.19. The molecule has 1 aliphatic rings. The molecule has 0 aromatic carbocycles. The highest BCUT2D eigenvalue weighted by Gasteiger charge is 2.21. The third-order valence-electron chi connectivity index (χ3n) is 3.71. The number of halogens is 1. The molecule has 2 rings (SSSR count). The van der Waals surface area contributed by atoms with Crippen molar-refractivity contribution in [1.82, 2.24) is 10.3 Å². The largest absolute Gasteiger partial charge is 0.359 e. The van der Waals surface area contributed by atoms with E-state index < -0.39 is 0 Å². The fourth-order valence-electron chi connectivity index (χ4n) is 2.17. The quantitative estimate of drug-likeness (QED) is 0.830. The van der Waals surface area contributed by atoms with Gasteiger partial charge in [0.15, 0.2) is 0 Å². The van der Waals surface area contributed by atoms with Crippen LogP contribution in [0.4, 0.5) is 5.82 Å². The van der Waals surface area contributed by atoms with E-state index in [-0.39, 0.29) is 0 Å². The molecule has 1 aliphatic carbocycles. The monoisotopic (exact) mass is 325 g/mol. The van der Waals surface area contributed by atoms with Crippen LogP contribution in [0.2, 0.25) is 0 Å². The van der Waals surface area contributed by atoms with E-state index in [9.17, 15) is 0 Å². The highest BCUT2D eigenvalue weighted by atomic mass is 79.9. The number of nitrogens with one attached hydrogen (secondary N) is 1. The molecule has 1 aromatic heterocycles. The summed E-state index contributed by atoms with van der Waals surface area (Å²) in [4.78, 5) is 6.89. The van der Waals surface area contributed by atoms with Gasteiger partial charge in [0.1, 0.15) is 5.82 Å². The van der Waals surface area contributed by atoms with Gasteiger partial charge in [-0.25, -0.2) is 4.98 Å². The average Bonchev–Trinajstić information content (AvgIpc) is 3.20. The van der Waals surface area contributed by atoms with Gasteiger partial charge in [0.25, 0.3) is 0 Å². The molecule has 1 N–H and O–H groups in total. The first-order valence-corrected chi connectivity index (χ1v) is 7.98. The summed E-state index contributed by atoms with van der Waals surface area (Å²) < 4.78 is 1.06. The van der Waals surface area contributed by atoms with Crippen molar-refractivity contribution in [2.45, 2.75) is 45.7 Å². The van der Waals surface area contributed by atoms with Gasteiger partial charge in [-0.2, -0.15) is 0 Å². The lowest BCUT2D eigenvalue weighted by Gasteiger charge is -2.24. The Kier molecular flexibility index (Phi) is 5.22. The Bertz CT molecular complexity index is 418. The summed E-state index contributed by atoms with van der Waals surface area (Å²) in [5.74, 6) is 1.80. The fraction of sp³-hybridized carbons (Fsp3) is 0.667. The van der Waals surface area contributed by atoms with Gasteiger partial charge in [-0.3, -0.25) is 0 Å². The Morgan fingerprint density at radius 1 is 1.53 bits per heavy atom. The van der Waals surface area contributed by atoms with Crippen LogP contribution in [0.1, 0.15) is 38.7 Å². The van der Waals surface area contributed by atoms with Crippen LogP contribution in [0.15, 0.2) is 16.7 Å². The molecule has 0 bridgehead atoms. The molecule has 0 aliphatic heterocycles. The number of aromatic nitrogens is 1. The van der Waals surface area contributed by atoms with Crippen molar-refractivity contribution < 1.29 is 0 Å². The van der Waals surface area contributed by atoms with Crippen molar-refractivity contribution in [3.8, 4) is 0 Å². The van der Waals surface area contributed by atoms with Gasteiger partial charge in [-0.1, -0.05) is 20.3 Å². The van der Waals surface area contributed by atoms with Crippen molar-refractivity contribution in [2.24, 2.45) is 5.92 Å². The van der Waals surface area contributed by atoms with E-state index in [1.807, 2.05) is 6.20 Å². The minimum Gasteiger partial charge on any atom is -0.359 e. The van der Waals surface area contributed by atoms with E-state index in [4.69, 9.17) is 0 Å². The number of hydrogen-bond donors (Lipinski definition) is 1. The van der Waals surface area contributed by atoms with Gasteiger partial charge in [-0.15, -0.1) is 0 Å². The van der Waals surface area contributed by atoms with Crippen LogP contribution in [0.5, 0.6) is 0 Å². The van der Waals surface area contributed by atoms with Gasteiger partial charge in [-0.05, 0) is 40.8 Å². The Morgan fingerprint density at radius 3 is 2.89 bits per heavy atom. The van der Waals surface area contributed by atoms with Crippen LogP contribution < -0.4 is 10.2 Å². The van der Waals surface area contributed by atoms with Crippen molar-refractivity contribution in [2.75, 3.05) is 18.5 Å². The lowest BCUT2D eigenvalue weighted by atomic mass is 10.1. The normalized spacial score (nSPS) is 16.4. The Morgan fingerprint density at radius 2 is 2.26 bits per heavy atom. The van der Waals surface area contributed by atoms with Gasteiger partial charge >= 0.3 is 0 Å². The van der Waals surface area contributed by atoms with Crippen molar-refractivity contribution in [3.05, 3.63) is 22.3 Å². The topological polar surface area (TPSA) is 28.2 Å². The zero-order valence-corrected chi connectivity index (χ0v) is 13.7. The average molecular weight is 326 g/mol.